The molecular weight excluding hydrogens is 240 g/mol. The van der Waals surface area contributed by atoms with Gasteiger partial charge in [0.05, 0.1) is 12.7 Å². The van der Waals surface area contributed by atoms with Crippen LogP contribution in [0, 0.1) is 0 Å². The Morgan fingerprint density at radius 2 is 1.89 bits per heavy atom. The van der Waals surface area contributed by atoms with Crippen LogP contribution in [0.3, 0.4) is 0 Å². The van der Waals surface area contributed by atoms with Crippen LogP contribution in [0.5, 0.6) is 5.75 Å². The SMILES string of the molecule is COc1ccc(C(C)(C)C)cc1-c1ccc(C=O)o1. The van der Waals surface area contributed by atoms with Crippen LogP contribution in [0.25, 0.3) is 11.3 Å². The fourth-order valence-corrected chi connectivity index (χ4v) is 1.93. The molecule has 0 N–H and O–H groups in total. The molecule has 0 fully saturated rings. The van der Waals surface area contributed by atoms with Crippen molar-refractivity contribution in [3.8, 4) is 17.1 Å². The molecule has 1 aromatic heterocycles. The molecule has 19 heavy (non-hydrogen) atoms. The van der Waals surface area contributed by atoms with Gasteiger partial charge in [0.2, 0.25) is 0 Å². The van der Waals surface area contributed by atoms with Crippen LogP contribution in [0.1, 0.15) is 36.9 Å². The van der Waals surface area contributed by atoms with Crippen molar-refractivity contribution in [3.05, 3.63) is 41.7 Å². The van der Waals surface area contributed by atoms with E-state index in [9.17, 15) is 4.79 Å². The summed E-state index contributed by atoms with van der Waals surface area (Å²) in [6.07, 6.45) is 0.698. The molecule has 0 unspecified atom stereocenters. The monoisotopic (exact) mass is 258 g/mol. The second-order valence-corrected chi connectivity index (χ2v) is 5.48. The summed E-state index contributed by atoms with van der Waals surface area (Å²) in [6.45, 7) is 6.45. The van der Waals surface area contributed by atoms with E-state index in [1.54, 1.807) is 19.2 Å². The Bertz CT molecular complexity index is 588. The van der Waals surface area contributed by atoms with Gasteiger partial charge >= 0.3 is 0 Å². The predicted molar refractivity (Wildman–Crippen MR) is 74.8 cm³/mol. The molecule has 0 atom stereocenters. The molecule has 0 bridgehead atoms. The Kier molecular flexibility index (Phi) is 3.47. The number of carbonyl (C=O) groups is 1. The van der Waals surface area contributed by atoms with Crippen LogP contribution < -0.4 is 4.74 Å². The van der Waals surface area contributed by atoms with E-state index < -0.39 is 0 Å². The minimum atomic E-state index is 0.0428. The first kappa shape index (κ1) is 13.4. The lowest BCUT2D eigenvalue weighted by Gasteiger charge is -2.20. The number of hydrogen-bond acceptors (Lipinski definition) is 3. The van der Waals surface area contributed by atoms with Gasteiger partial charge in [-0.3, -0.25) is 4.79 Å². The summed E-state index contributed by atoms with van der Waals surface area (Å²) >= 11 is 0. The van der Waals surface area contributed by atoms with Crippen LogP contribution in [0.4, 0.5) is 0 Å². The van der Waals surface area contributed by atoms with Gasteiger partial charge in [0.25, 0.3) is 0 Å². The van der Waals surface area contributed by atoms with Gasteiger partial charge in [-0.2, -0.15) is 0 Å². The lowest BCUT2D eigenvalue weighted by molar-refractivity contribution is 0.110. The fraction of sp³-hybridized carbons (Fsp3) is 0.312. The molecule has 1 aromatic carbocycles. The smallest absolute Gasteiger partial charge is 0.185 e. The number of carbonyl (C=O) groups excluding carboxylic acids is 1. The van der Waals surface area contributed by atoms with Crippen LogP contribution in [0.2, 0.25) is 0 Å². The topological polar surface area (TPSA) is 39.4 Å². The minimum Gasteiger partial charge on any atom is -0.496 e. The van der Waals surface area contributed by atoms with Crippen LogP contribution in [-0.2, 0) is 5.41 Å². The summed E-state index contributed by atoms with van der Waals surface area (Å²) in [7, 11) is 1.62. The summed E-state index contributed by atoms with van der Waals surface area (Å²) in [5.41, 5.74) is 2.09. The third kappa shape index (κ3) is 2.70. The number of rotatable bonds is 3. The molecule has 2 rings (SSSR count). The minimum absolute atomic E-state index is 0.0428. The fourth-order valence-electron chi connectivity index (χ4n) is 1.93. The molecule has 0 aliphatic carbocycles. The standard InChI is InChI=1S/C16H18O3/c1-16(2,3)11-5-7-14(18-4)13(9-11)15-8-6-12(10-17)19-15/h5-10H,1-4H3. The molecule has 0 saturated heterocycles. The Balaban J connectivity index is 2.56. The molecule has 3 nitrogen and oxygen atoms in total. The number of benzene rings is 1. The van der Waals surface area contributed by atoms with Gasteiger partial charge in [-0.05, 0) is 35.2 Å². The van der Waals surface area contributed by atoms with E-state index in [4.69, 9.17) is 9.15 Å². The van der Waals surface area contributed by atoms with Crippen molar-refractivity contribution in [1.29, 1.82) is 0 Å². The summed E-state index contributed by atoms with van der Waals surface area (Å²) in [6, 6.07) is 9.47. The van der Waals surface area contributed by atoms with Crippen LogP contribution >= 0.6 is 0 Å². The average Bonchev–Trinajstić information content (AvgIpc) is 2.85. The second-order valence-electron chi connectivity index (χ2n) is 5.48. The molecule has 0 spiro atoms. The summed E-state index contributed by atoms with van der Waals surface area (Å²) < 4.78 is 10.8. The van der Waals surface area contributed by atoms with Crippen molar-refractivity contribution >= 4 is 6.29 Å². The zero-order chi connectivity index (χ0) is 14.0. The number of furan rings is 1. The van der Waals surface area contributed by atoms with Crippen LogP contribution in [-0.4, -0.2) is 13.4 Å². The zero-order valence-electron chi connectivity index (χ0n) is 11.7. The maximum atomic E-state index is 10.7. The van der Waals surface area contributed by atoms with Gasteiger partial charge < -0.3 is 9.15 Å². The largest absolute Gasteiger partial charge is 0.496 e. The van der Waals surface area contributed by atoms with E-state index in [2.05, 4.69) is 20.8 Å². The predicted octanol–water partition coefficient (Wildman–Crippen LogP) is 4.07. The van der Waals surface area contributed by atoms with Crippen molar-refractivity contribution in [2.75, 3.05) is 7.11 Å². The molecule has 0 saturated carbocycles. The lowest BCUT2D eigenvalue weighted by atomic mass is 9.86. The lowest BCUT2D eigenvalue weighted by Crippen LogP contribution is -2.11. The third-order valence-corrected chi connectivity index (χ3v) is 3.07. The van der Waals surface area contributed by atoms with Gasteiger partial charge in [-0.1, -0.05) is 26.8 Å². The molecule has 0 radical (unpaired) electrons. The van der Waals surface area contributed by atoms with Crippen molar-refractivity contribution in [3.63, 3.8) is 0 Å². The van der Waals surface area contributed by atoms with Crippen molar-refractivity contribution in [2.45, 2.75) is 26.2 Å². The highest BCUT2D eigenvalue weighted by Crippen LogP contribution is 2.35. The first-order valence-electron chi connectivity index (χ1n) is 6.19. The zero-order valence-corrected chi connectivity index (χ0v) is 11.7. The second kappa shape index (κ2) is 4.92. The van der Waals surface area contributed by atoms with Crippen molar-refractivity contribution < 1.29 is 13.9 Å². The molecule has 0 aliphatic heterocycles. The average molecular weight is 258 g/mol. The summed E-state index contributed by atoms with van der Waals surface area (Å²) in [5, 5.41) is 0. The quantitative estimate of drug-likeness (QED) is 0.779. The number of ether oxygens (including phenoxy) is 1. The van der Waals surface area contributed by atoms with Crippen molar-refractivity contribution in [1.82, 2.24) is 0 Å². The molecule has 1 heterocycles. The van der Waals surface area contributed by atoms with Crippen LogP contribution in [0.15, 0.2) is 34.7 Å². The Morgan fingerprint density at radius 1 is 1.16 bits per heavy atom. The number of hydrogen-bond donors (Lipinski definition) is 0. The number of aldehydes is 1. The third-order valence-electron chi connectivity index (χ3n) is 3.07. The highest BCUT2D eigenvalue weighted by Gasteiger charge is 2.18. The van der Waals surface area contributed by atoms with Gasteiger partial charge in [0, 0.05) is 0 Å². The first-order chi connectivity index (χ1) is 8.95. The highest BCUT2D eigenvalue weighted by molar-refractivity contribution is 5.74. The first-order valence-corrected chi connectivity index (χ1v) is 6.19. The maximum Gasteiger partial charge on any atom is 0.185 e. The molecule has 0 aliphatic rings. The Morgan fingerprint density at radius 3 is 2.42 bits per heavy atom. The Labute approximate surface area is 113 Å². The summed E-state index contributed by atoms with van der Waals surface area (Å²) in [5.74, 6) is 1.70. The summed E-state index contributed by atoms with van der Waals surface area (Å²) in [4.78, 5) is 10.7. The maximum absolute atomic E-state index is 10.7. The van der Waals surface area contributed by atoms with E-state index in [0.717, 1.165) is 11.3 Å². The highest BCUT2D eigenvalue weighted by atomic mass is 16.5. The normalized spacial score (nSPS) is 11.4. The Hall–Kier alpha value is -2.03. The molecule has 3 heteroatoms. The van der Waals surface area contributed by atoms with E-state index in [1.807, 2.05) is 18.2 Å². The molecule has 2 aromatic rings. The van der Waals surface area contributed by atoms with Gasteiger partial charge in [0.1, 0.15) is 11.5 Å². The van der Waals surface area contributed by atoms with E-state index in [-0.39, 0.29) is 5.41 Å². The van der Waals surface area contributed by atoms with Crippen molar-refractivity contribution in [2.24, 2.45) is 0 Å². The van der Waals surface area contributed by atoms with Gasteiger partial charge in [-0.25, -0.2) is 0 Å². The van der Waals surface area contributed by atoms with Gasteiger partial charge in [-0.15, -0.1) is 0 Å². The van der Waals surface area contributed by atoms with E-state index in [1.165, 1.54) is 5.56 Å². The number of methoxy groups -OCH3 is 1. The molecule has 100 valence electrons. The molecule has 0 amide bonds. The van der Waals surface area contributed by atoms with E-state index >= 15 is 0 Å². The molecular formula is C16H18O3. The van der Waals surface area contributed by atoms with E-state index in [0.29, 0.717) is 17.8 Å². The van der Waals surface area contributed by atoms with Gasteiger partial charge in [0.15, 0.2) is 12.0 Å².